The quantitative estimate of drug-likeness (QED) is 0.230. The fourth-order valence-electron chi connectivity index (χ4n) is 3.10. The van der Waals surface area contributed by atoms with Crippen LogP contribution in [-0.2, 0) is 9.59 Å². The monoisotopic (exact) mass is 561 g/mol. The lowest BCUT2D eigenvalue weighted by Gasteiger charge is -2.12. The Balaban J connectivity index is 1.71. The number of ether oxygens (including phenoxy) is 1. The molecule has 0 atom stereocenters. The predicted octanol–water partition coefficient (Wildman–Crippen LogP) is 7.48. The van der Waals surface area contributed by atoms with Crippen molar-refractivity contribution in [2.24, 2.45) is 0 Å². The lowest BCUT2D eigenvalue weighted by atomic mass is 10.1. The molecular formula is C26H19Cl4N3O3. The summed E-state index contributed by atoms with van der Waals surface area (Å²) in [6, 6.07) is 15.0. The molecule has 0 spiro atoms. The van der Waals surface area contributed by atoms with Crippen LogP contribution in [0.25, 0.3) is 6.08 Å². The third-order valence-corrected chi connectivity index (χ3v) is 6.40. The lowest BCUT2D eigenvalue weighted by Crippen LogP contribution is -2.20. The van der Waals surface area contributed by atoms with Gasteiger partial charge in [0.15, 0.2) is 12.4 Å². The molecule has 3 rings (SSSR count). The Morgan fingerprint density at radius 2 is 1.64 bits per heavy atom. The molecule has 3 aromatic carbocycles. The first kappa shape index (κ1) is 27.4. The number of carbonyl (C=O) groups excluding carboxylic acids is 2. The van der Waals surface area contributed by atoms with Gasteiger partial charge in [0.25, 0.3) is 11.8 Å². The third kappa shape index (κ3) is 6.93. The molecule has 0 heterocycles. The molecule has 0 saturated heterocycles. The van der Waals surface area contributed by atoms with E-state index >= 15 is 0 Å². The van der Waals surface area contributed by atoms with Gasteiger partial charge in [0.2, 0.25) is 0 Å². The van der Waals surface area contributed by atoms with Gasteiger partial charge in [-0.15, -0.1) is 0 Å². The van der Waals surface area contributed by atoms with Crippen molar-refractivity contribution in [3.63, 3.8) is 0 Å². The van der Waals surface area contributed by atoms with Crippen LogP contribution in [0.4, 0.5) is 11.4 Å². The van der Waals surface area contributed by atoms with Gasteiger partial charge >= 0.3 is 0 Å². The maximum Gasteiger partial charge on any atom is 0.266 e. The summed E-state index contributed by atoms with van der Waals surface area (Å²) < 4.78 is 5.49. The van der Waals surface area contributed by atoms with Crippen molar-refractivity contribution in [2.75, 3.05) is 17.2 Å². The highest BCUT2D eigenvalue weighted by molar-refractivity contribution is 6.42. The van der Waals surface area contributed by atoms with Gasteiger partial charge in [0.1, 0.15) is 11.6 Å². The molecule has 0 unspecified atom stereocenters. The van der Waals surface area contributed by atoms with E-state index in [9.17, 15) is 14.9 Å². The summed E-state index contributed by atoms with van der Waals surface area (Å²) in [5, 5.41) is 15.7. The summed E-state index contributed by atoms with van der Waals surface area (Å²) >= 11 is 24.4. The summed E-state index contributed by atoms with van der Waals surface area (Å²) in [5.74, 6) is -0.963. The van der Waals surface area contributed by atoms with Gasteiger partial charge < -0.3 is 15.4 Å². The second-order valence-electron chi connectivity index (χ2n) is 7.65. The molecule has 0 fully saturated rings. The van der Waals surface area contributed by atoms with Crippen LogP contribution in [0.1, 0.15) is 16.7 Å². The van der Waals surface area contributed by atoms with Crippen molar-refractivity contribution in [2.45, 2.75) is 13.8 Å². The highest BCUT2D eigenvalue weighted by Gasteiger charge is 2.15. The van der Waals surface area contributed by atoms with E-state index in [1.54, 1.807) is 18.2 Å². The zero-order chi connectivity index (χ0) is 26.4. The number of halogens is 4. The van der Waals surface area contributed by atoms with Crippen molar-refractivity contribution in [3.05, 3.63) is 90.9 Å². The predicted molar refractivity (Wildman–Crippen MR) is 145 cm³/mol. The summed E-state index contributed by atoms with van der Waals surface area (Å²) in [4.78, 5) is 24.9. The smallest absolute Gasteiger partial charge is 0.266 e. The van der Waals surface area contributed by atoms with Gasteiger partial charge in [-0.1, -0.05) is 58.5 Å². The fourth-order valence-corrected chi connectivity index (χ4v) is 4.01. The minimum Gasteiger partial charge on any atom is -0.481 e. The zero-order valence-electron chi connectivity index (χ0n) is 19.1. The van der Waals surface area contributed by atoms with E-state index in [-0.39, 0.29) is 28.0 Å². The van der Waals surface area contributed by atoms with E-state index in [1.807, 2.05) is 32.0 Å². The van der Waals surface area contributed by atoms with Gasteiger partial charge in [-0.3, -0.25) is 9.59 Å². The first-order chi connectivity index (χ1) is 17.1. The van der Waals surface area contributed by atoms with Crippen LogP contribution < -0.4 is 15.4 Å². The fraction of sp³-hybridized carbons (Fsp3) is 0.115. The summed E-state index contributed by atoms with van der Waals surface area (Å²) in [7, 11) is 0. The average molecular weight is 563 g/mol. The van der Waals surface area contributed by atoms with Crippen LogP contribution in [-0.4, -0.2) is 18.4 Å². The second kappa shape index (κ2) is 12.2. The Bertz CT molecular complexity index is 1390. The molecule has 0 aliphatic carbocycles. The summed E-state index contributed by atoms with van der Waals surface area (Å²) in [6.45, 7) is 3.43. The molecular weight excluding hydrogens is 544 g/mol. The maximum absolute atomic E-state index is 12.7. The van der Waals surface area contributed by atoms with Crippen molar-refractivity contribution < 1.29 is 14.3 Å². The number of nitriles is 1. The largest absolute Gasteiger partial charge is 0.481 e. The summed E-state index contributed by atoms with van der Waals surface area (Å²) in [5.41, 5.74) is 3.23. The summed E-state index contributed by atoms with van der Waals surface area (Å²) in [6.07, 6.45) is 1.36. The van der Waals surface area contributed by atoms with E-state index in [2.05, 4.69) is 10.6 Å². The second-order valence-corrected chi connectivity index (χ2v) is 9.28. The Labute approximate surface area is 228 Å². The molecule has 0 aliphatic rings. The van der Waals surface area contributed by atoms with Gasteiger partial charge in [-0.25, -0.2) is 0 Å². The van der Waals surface area contributed by atoms with Crippen LogP contribution >= 0.6 is 46.4 Å². The standard InChI is InChI=1S/C26H19Cl4N3O3/c1-14-4-3-5-23(15(14)2)33-26(35)17(12-31)8-16-9-21(29)25(22(30)10-16)36-13-24(34)32-18-6-7-19(27)20(28)11-18/h3-11H,13H2,1-2H3,(H,32,34)(H,33,35)/b17-8-. The van der Waals surface area contributed by atoms with Crippen molar-refractivity contribution in [1.82, 2.24) is 0 Å². The van der Waals surface area contributed by atoms with Crippen molar-refractivity contribution in [1.29, 1.82) is 5.26 Å². The first-order valence-corrected chi connectivity index (χ1v) is 12.0. The number of rotatable bonds is 7. The van der Waals surface area contributed by atoms with Gasteiger partial charge in [0, 0.05) is 11.4 Å². The molecule has 3 aromatic rings. The maximum atomic E-state index is 12.7. The van der Waals surface area contributed by atoms with E-state index in [0.29, 0.717) is 27.0 Å². The van der Waals surface area contributed by atoms with E-state index in [0.717, 1.165) is 11.1 Å². The van der Waals surface area contributed by atoms with Crippen LogP contribution in [0.5, 0.6) is 5.75 Å². The highest BCUT2D eigenvalue weighted by Crippen LogP contribution is 2.35. The number of aryl methyl sites for hydroxylation is 1. The molecule has 0 aromatic heterocycles. The normalized spacial score (nSPS) is 11.0. The van der Waals surface area contributed by atoms with Crippen molar-refractivity contribution in [3.8, 4) is 11.8 Å². The van der Waals surface area contributed by atoms with E-state index < -0.39 is 11.8 Å². The molecule has 6 nitrogen and oxygen atoms in total. The molecule has 10 heteroatoms. The number of anilines is 2. The molecule has 0 bridgehead atoms. The molecule has 36 heavy (non-hydrogen) atoms. The number of carbonyl (C=O) groups is 2. The SMILES string of the molecule is Cc1cccc(NC(=O)/C(C#N)=C\c2cc(Cl)c(OCC(=O)Nc3ccc(Cl)c(Cl)c3)c(Cl)c2)c1C. The van der Waals surface area contributed by atoms with Crippen molar-refractivity contribution >= 4 is 75.7 Å². The van der Waals surface area contributed by atoms with Crippen LogP contribution in [0.15, 0.2) is 54.1 Å². The van der Waals surface area contributed by atoms with Crippen LogP contribution in [0.3, 0.4) is 0 Å². The Hall–Kier alpha value is -3.21. The van der Waals surface area contributed by atoms with Gasteiger partial charge in [0.05, 0.1) is 20.1 Å². The molecule has 2 amide bonds. The molecule has 0 radical (unpaired) electrons. The number of hydrogen-bond acceptors (Lipinski definition) is 4. The Morgan fingerprint density at radius 3 is 2.28 bits per heavy atom. The van der Waals surface area contributed by atoms with Crippen LogP contribution in [0, 0.1) is 25.2 Å². The minimum absolute atomic E-state index is 0.0816. The van der Waals surface area contributed by atoms with E-state index in [1.165, 1.54) is 24.3 Å². The van der Waals surface area contributed by atoms with E-state index in [4.69, 9.17) is 51.1 Å². The lowest BCUT2D eigenvalue weighted by molar-refractivity contribution is -0.118. The van der Waals surface area contributed by atoms with Gasteiger partial charge in [-0.05, 0) is 73.0 Å². The number of nitrogens with zero attached hydrogens (tertiary/aromatic N) is 1. The third-order valence-electron chi connectivity index (χ3n) is 5.10. The number of amides is 2. The minimum atomic E-state index is -0.572. The molecule has 0 aliphatic heterocycles. The Morgan fingerprint density at radius 1 is 0.944 bits per heavy atom. The number of hydrogen-bond donors (Lipinski definition) is 2. The van der Waals surface area contributed by atoms with Crippen LogP contribution in [0.2, 0.25) is 20.1 Å². The molecule has 2 N–H and O–H groups in total. The topological polar surface area (TPSA) is 91.2 Å². The number of nitrogens with one attached hydrogen (secondary N) is 2. The molecule has 0 saturated carbocycles. The first-order valence-electron chi connectivity index (χ1n) is 10.4. The van der Waals surface area contributed by atoms with Gasteiger partial charge in [-0.2, -0.15) is 5.26 Å². The Kier molecular flexibility index (Phi) is 9.25. The number of benzene rings is 3. The average Bonchev–Trinajstić information content (AvgIpc) is 2.82. The highest BCUT2D eigenvalue weighted by atomic mass is 35.5. The zero-order valence-corrected chi connectivity index (χ0v) is 22.1. The molecule has 184 valence electrons.